The third kappa shape index (κ3) is 7.38. The third-order valence-corrected chi connectivity index (χ3v) is 5.99. The van der Waals surface area contributed by atoms with Crippen LogP contribution >= 0.6 is 0 Å². The number of nitrogens with zero attached hydrogens (tertiary/aromatic N) is 4. The Kier molecular flexibility index (Phi) is 8.37. The molecule has 1 aromatic carbocycles. The molecule has 0 unspecified atom stereocenters. The summed E-state index contributed by atoms with van der Waals surface area (Å²) in [7, 11) is 1.67. The first-order chi connectivity index (χ1) is 15.2. The van der Waals surface area contributed by atoms with Crippen molar-refractivity contribution in [2.24, 2.45) is 0 Å². The van der Waals surface area contributed by atoms with E-state index < -0.39 is 0 Å². The maximum atomic E-state index is 12.9. The van der Waals surface area contributed by atoms with Crippen molar-refractivity contribution in [1.29, 1.82) is 0 Å². The lowest BCUT2D eigenvalue weighted by molar-refractivity contribution is -0.132. The Morgan fingerprint density at radius 2 is 1.47 bits per heavy atom. The van der Waals surface area contributed by atoms with E-state index in [1.807, 2.05) is 37.8 Å². The Bertz CT molecular complexity index is 754. The van der Waals surface area contributed by atoms with Crippen molar-refractivity contribution in [1.82, 2.24) is 20.0 Å². The van der Waals surface area contributed by atoms with Crippen LogP contribution in [0.25, 0.3) is 0 Å². The van der Waals surface area contributed by atoms with Gasteiger partial charge in [0.05, 0.1) is 20.2 Å². The molecule has 3 rings (SSSR count). The monoisotopic (exact) mass is 445 g/mol. The maximum absolute atomic E-state index is 12.9. The number of rotatable bonds is 6. The summed E-state index contributed by atoms with van der Waals surface area (Å²) in [4.78, 5) is 33.9. The van der Waals surface area contributed by atoms with Gasteiger partial charge in [0.25, 0.3) is 0 Å². The Hall–Kier alpha value is -2.32. The Labute approximate surface area is 192 Å². The molecule has 1 aromatic rings. The standard InChI is InChI=1S/C24H39N5O3/c1-24(2,3)25-22(30)18-26-10-5-11-27(13-12-26)19-23(31)29-16-14-28(15-17-29)20-6-8-21(32-4)9-7-20/h6-9H,5,10-19H2,1-4H3,(H,25,30). The van der Waals surface area contributed by atoms with Crippen LogP contribution in [-0.2, 0) is 9.59 Å². The summed E-state index contributed by atoms with van der Waals surface area (Å²) in [6, 6.07) is 8.09. The summed E-state index contributed by atoms with van der Waals surface area (Å²) in [6.07, 6.45) is 0.974. The van der Waals surface area contributed by atoms with Gasteiger partial charge in [-0.3, -0.25) is 19.4 Å². The summed E-state index contributed by atoms with van der Waals surface area (Å²) in [6.45, 7) is 13.5. The van der Waals surface area contributed by atoms with Crippen LogP contribution in [0, 0.1) is 0 Å². The maximum Gasteiger partial charge on any atom is 0.236 e. The summed E-state index contributed by atoms with van der Waals surface area (Å²) < 4.78 is 5.23. The third-order valence-electron chi connectivity index (χ3n) is 5.99. The van der Waals surface area contributed by atoms with Crippen LogP contribution in [0.1, 0.15) is 27.2 Å². The number of amides is 2. The van der Waals surface area contributed by atoms with Crippen molar-refractivity contribution < 1.29 is 14.3 Å². The lowest BCUT2D eigenvalue weighted by Gasteiger charge is -2.37. The number of ether oxygens (including phenoxy) is 1. The molecule has 0 spiro atoms. The molecule has 2 fully saturated rings. The smallest absolute Gasteiger partial charge is 0.236 e. The van der Waals surface area contributed by atoms with Crippen molar-refractivity contribution in [3.8, 4) is 5.75 Å². The molecular weight excluding hydrogens is 406 g/mol. The Balaban J connectivity index is 1.41. The fraction of sp³-hybridized carbons (Fsp3) is 0.667. The minimum absolute atomic E-state index is 0.0664. The largest absolute Gasteiger partial charge is 0.497 e. The molecular formula is C24H39N5O3. The van der Waals surface area contributed by atoms with E-state index in [0.29, 0.717) is 13.1 Å². The predicted molar refractivity (Wildman–Crippen MR) is 127 cm³/mol. The van der Waals surface area contributed by atoms with Gasteiger partial charge in [-0.15, -0.1) is 0 Å². The summed E-state index contributed by atoms with van der Waals surface area (Å²) in [5.74, 6) is 1.13. The molecule has 1 N–H and O–H groups in total. The van der Waals surface area contributed by atoms with Gasteiger partial charge in [0.15, 0.2) is 0 Å². The minimum Gasteiger partial charge on any atom is -0.497 e. The molecule has 8 nitrogen and oxygen atoms in total. The Morgan fingerprint density at radius 1 is 0.875 bits per heavy atom. The summed E-state index contributed by atoms with van der Waals surface area (Å²) >= 11 is 0. The zero-order valence-electron chi connectivity index (χ0n) is 20.1. The van der Waals surface area contributed by atoms with Crippen LogP contribution in [-0.4, -0.2) is 105 Å². The second kappa shape index (κ2) is 11.0. The van der Waals surface area contributed by atoms with E-state index in [2.05, 4.69) is 32.1 Å². The number of carbonyl (C=O) groups excluding carboxylic acids is 2. The second-order valence-electron chi connectivity index (χ2n) is 9.77. The van der Waals surface area contributed by atoms with E-state index in [0.717, 1.165) is 64.5 Å². The summed E-state index contributed by atoms with van der Waals surface area (Å²) in [5, 5.41) is 3.03. The van der Waals surface area contributed by atoms with Gasteiger partial charge in [-0.2, -0.15) is 0 Å². The van der Waals surface area contributed by atoms with E-state index >= 15 is 0 Å². The summed E-state index contributed by atoms with van der Waals surface area (Å²) in [5.41, 5.74) is 0.958. The first-order valence-corrected chi connectivity index (χ1v) is 11.7. The van der Waals surface area contributed by atoms with Gasteiger partial charge in [-0.05, 0) is 64.5 Å². The second-order valence-corrected chi connectivity index (χ2v) is 9.77. The van der Waals surface area contributed by atoms with Gasteiger partial charge < -0.3 is 19.9 Å². The van der Waals surface area contributed by atoms with E-state index in [1.165, 1.54) is 5.69 Å². The van der Waals surface area contributed by atoms with Crippen LogP contribution in [0.2, 0.25) is 0 Å². The zero-order valence-corrected chi connectivity index (χ0v) is 20.1. The van der Waals surface area contributed by atoms with Gasteiger partial charge >= 0.3 is 0 Å². The molecule has 0 saturated carbocycles. The van der Waals surface area contributed by atoms with Gasteiger partial charge in [-0.1, -0.05) is 0 Å². The Morgan fingerprint density at radius 3 is 2.03 bits per heavy atom. The number of methoxy groups -OCH3 is 1. The van der Waals surface area contributed by atoms with E-state index in [9.17, 15) is 9.59 Å². The average molecular weight is 446 g/mol. The van der Waals surface area contributed by atoms with Gasteiger partial charge in [0.2, 0.25) is 11.8 Å². The van der Waals surface area contributed by atoms with Crippen molar-refractivity contribution in [3.63, 3.8) is 0 Å². The quantitative estimate of drug-likeness (QED) is 0.711. The fourth-order valence-corrected chi connectivity index (χ4v) is 4.30. The topological polar surface area (TPSA) is 68.4 Å². The molecule has 2 aliphatic heterocycles. The van der Waals surface area contributed by atoms with Crippen molar-refractivity contribution in [3.05, 3.63) is 24.3 Å². The van der Waals surface area contributed by atoms with E-state index in [1.54, 1.807) is 7.11 Å². The molecule has 2 heterocycles. The molecule has 178 valence electrons. The lowest BCUT2D eigenvalue weighted by atomic mass is 10.1. The van der Waals surface area contributed by atoms with E-state index in [4.69, 9.17) is 4.74 Å². The number of carbonyl (C=O) groups is 2. The predicted octanol–water partition coefficient (Wildman–Crippen LogP) is 1.27. The molecule has 8 heteroatoms. The number of hydrogen-bond acceptors (Lipinski definition) is 6. The van der Waals surface area contributed by atoms with Crippen LogP contribution in [0.5, 0.6) is 5.75 Å². The molecule has 0 radical (unpaired) electrons. The first-order valence-electron chi connectivity index (χ1n) is 11.7. The molecule has 0 aromatic heterocycles. The molecule has 0 bridgehead atoms. The van der Waals surface area contributed by atoms with Gasteiger partial charge in [0.1, 0.15) is 5.75 Å². The first kappa shape index (κ1) is 24.3. The number of benzene rings is 1. The van der Waals surface area contributed by atoms with Gasteiger partial charge in [-0.25, -0.2) is 0 Å². The van der Waals surface area contributed by atoms with E-state index in [-0.39, 0.29) is 17.4 Å². The van der Waals surface area contributed by atoms with Crippen molar-refractivity contribution >= 4 is 17.5 Å². The highest BCUT2D eigenvalue weighted by Gasteiger charge is 2.25. The highest BCUT2D eigenvalue weighted by Crippen LogP contribution is 2.20. The zero-order chi connectivity index (χ0) is 23.1. The molecule has 2 aliphatic rings. The molecule has 0 atom stereocenters. The number of anilines is 1. The molecule has 0 aliphatic carbocycles. The van der Waals surface area contributed by atoms with Gasteiger partial charge in [0, 0.05) is 50.5 Å². The van der Waals surface area contributed by atoms with Crippen LogP contribution in [0.15, 0.2) is 24.3 Å². The number of nitrogens with one attached hydrogen (secondary N) is 1. The average Bonchev–Trinajstić information content (AvgIpc) is 2.97. The fourth-order valence-electron chi connectivity index (χ4n) is 4.30. The molecule has 32 heavy (non-hydrogen) atoms. The number of piperazine rings is 1. The SMILES string of the molecule is COc1ccc(N2CCN(C(=O)CN3CCCN(CC(=O)NC(C)(C)C)CC3)CC2)cc1. The molecule has 2 amide bonds. The minimum atomic E-state index is -0.210. The van der Waals surface area contributed by atoms with Crippen molar-refractivity contribution in [2.75, 3.05) is 77.5 Å². The normalized spacial score (nSPS) is 18.9. The van der Waals surface area contributed by atoms with Crippen molar-refractivity contribution in [2.45, 2.75) is 32.7 Å². The lowest BCUT2D eigenvalue weighted by Crippen LogP contribution is -2.51. The highest BCUT2D eigenvalue weighted by molar-refractivity contribution is 5.79. The molecule has 2 saturated heterocycles. The highest BCUT2D eigenvalue weighted by atomic mass is 16.5. The number of hydrogen-bond donors (Lipinski definition) is 1. The van der Waals surface area contributed by atoms with Crippen LogP contribution in [0.4, 0.5) is 5.69 Å². The van der Waals surface area contributed by atoms with Crippen LogP contribution in [0.3, 0.4) is 0 Å². The van der Waals surface area contributed by atoms with Crippen LogP contribution < -0.4 is 15.0 Å².